The van der Waals surface area contributed by atoms with Gasteiger partial charge in [0, 0.05) is 25.1 Å². The third-order valence-electron chi connectivity index (χ3n) is 8.25. The van der Waals surface area contributed by atoms with Crippen molar-refractivity contribution in [2.45, 2.75) is 71.3 Å². The maximum absolute atomic E-state index is 5.46. The summed E-state index contributed by atoms with van der Waals surface area (Å²) >= 11 is 0. The van der Waals surface area contributed by atoms with Gasteiger partial charge in [0.1, 0.15) is 0 Å². The van der Waals surface area contributed by atoms with Gasteiger partial charge in [-0.15, -0.1) is 0 Å². The van der Waals surface area contributed by atoms with E-state index in [1.807, 2.05) is 7.11 Å². The van der Waals surface area contributed by atoms with Crippen molar-refractivity contribution in [1.82, 2.24) is 9.80 Å². The molecule has 144 valence electrons. The molecule has 2 heterocycles. The number of hydrogen-bond acceptors (Lipinski definition) is 3. The Labute approximate surface area is 155 Å². The van der Waals surface area contributed by atoms with Crippen LogP contribution in [-0.4, -0.2) is 62.3 Å². The van der Waals surface area contributed by atoms with Crippen molar-refractivity contribution in [1.29, 1.82) is 0 Å². The highest BCUT2D eigenvalue weighted by molar-refractivity contribution is 5.03. The molecule has 0 aromatic heterocycles. The Balaban J connectivity index is 1.18. The summed E-state index contributed by atoms with van der Waals surface area (Å²) < 4.78 is 5.46. The number of methoxy groups -OCH3 is 1. The van der Waals surface area contributed by atoms with E-state index in [4.69, 9.17) is 4.74 Å². The number of rotatable bonds is 6. The van der Waals surface area contributed by atoms with Crippen LogP contribution in [-0.2, 0) is 4.74 Å². The molecule has 2 aliphatic heterocycles. The van der Waals surface area contributed by atoms with E-state index in [2.05, 4.69) is 23.6 Å². The van der Waals surface area contributed by atoms with Gasteiger partial charge in [0.15, 0.2) is 0 Å². The molecule has 0 N–H and O–H groups in total. The summed E-state index contributed by atoms with van der Waals surface area (Å²) in [7, 11) is 1.86. The molecule has 2 saturated heterocycles. The van der Waals surface area contributed by atoms with E-state index in [0.29, 0.717) is 10.8 Å². The molecule has 4 rings (SSSR count). The Hall–Kier alpha value is -0.120. The van der Waals surface area contributed by atoms with Crippen LogP contribution in [0.1, 0.15) is 65.2 Å². The second kappa shape index (κ2) is 7.13. The van der Waals surface area contributed by atoms with Crippen molar-refractivity contribution >= 4 is 0 Å². The van der Waals surface area contributed by atoms with E-state index in [-0.39, 0.29) is 0 Å². The lowest BCUT2D eigenvalue weighted by atomic mass is 9.59. The van der Waals surface area contributed by atoms with Crippen molar-refractivity contribution in [2.24, 2.45) is 22.7 Å². The van der Waals surface area contributed by atoms with Gasteiger partial charge < -0.3 is 14.5 Å². The Kier molecular flexibility index (Phi) is 5.20. The van der Waals surface area contributed by atoms with Crippen LogP contribution < -0.4 is 0 Å². The average molecular weight is 349 g/mol. The van der Waals surface area contributed by atoms with Crippen molar-refractivity contribution in [3.8, 4) is 0 Å². The molecule has 4 aliphatic rings. The smallest absolute Gasteiger partial charge is 0.0530 e. The standard InChI is InChI=1S/C22H40N2O/c1-18(2)19-4-10-24(11-5-19)20-14-21(15-20)8-12-23(13-9-21)16-22(6-7-22)17-25-3/h18-20H,4-17H2,1-3H3. The molecule has 0 atom stereocenters. The Morgan fingerprint density at radius 1 is 0.960 bits per heavy atom. The molecule has 2 saturated carbocycles. The highest BCUT2D eigenvalue weighted by Gasteiger charge is 2.50. The minimum Gasteiger partial charge on any atom is -0.384 e. The largest absolute Gasteiger partial charge is 0.384 e. The first kappa shape index (κ1) is 18.3. The van der Waals surface area contributed by atoms with Gasteiger partial charge in [-0.1, -0.05) is 13.8 Å². The van der Waals surface area contributed by atoms with Crippen LogP contribution in [0.15, 0.2) is 0 Å². The summed E-state index contributed by atoms with van der Waals surface area (Å²) in [5.41, 5.74) is 1.25. The van der Waals surface area contributed by atoms with Crippen LogP contribution in [0, 0.1) is 22.7 Å². The fraction of sp³-hybridized carbons (Fsp3) is 1.00. The molecule has 0 amide bonds. The highest BCUT2D eigenvalue weighted by Crippen LogP contribution is 2.53. The predicted molar refractivity (Wildman–Crippen MR) is 104 cm³/mol. The number of hydrogen-bond donors (Lipinski definition) is 0. The van der Waals surface area contributed by atoms with Crippen LogP contribution in [0.4, 0.5) is 0 Å². The fourth-order valence-electron chi connectivity index (χ4n) is 6.05. The van der Waals surface area contributed by atoms with Gasteiger partial charge in [-0.3, -0.25) is 0 Å². The zero-order valence-corrected chi connectivity index (χ0v) is 16.9. The molecule has 0 aromatic carbocycles. The van der Waals surface area contributed by atoms with Crippen LogP contribution in [0.2, 0.25) is 0 Å². The number of ether oxygens (including phenoxy) is 1. The van der Waals surface area contributed by atoms with E-state index < -0.39 is 0 Å². The number of piperidine rings is 2. The molecule has 4 fully saturated rings. The topological polar surface area (TPSA) is 15.7 Å². The van der Waals surface area contributed by atoms with Crippen LogP contribution >= 0.6 is 0 Å². The lowest BCUT2D eigenvalue weighted by Gasteiger charge is -2.56. The number of nitrogens with zero attached hydrogens (tertiary/aromatic N) is 2. The maximum Gasteiger partial charge on any atom is 0.0530 e. The molecular formula is C22H40N2O. The van der Waals surface area contributed by atoms with E-state index in [9.17, 15) is 0 Å². The molecule has 2 aliphatic carbocycles. The number of likely N-dealkylation sites (tertiary alicyclic amines) is 2. The molecule has 25 heavy (non-hydrogen) atoms. The first-order chi connectivity index (χ1) is 12.0. The second-order valence-corrected chi connectivity index (χ2v) is 10.4. The lowest BCUT2D eigenvalue weighted by molar-refractivity contribution is -0.0571. The van der Waals surface area contributed by atoms with Crippen molar-refractivity contribution < 1.29 is 4.74 Å². The van der Waals surface area contributed by atoms with Gasteiger partial charge in [0.05, 0.1) is 6.61 Å². The Morgan fingerprint density at radius 2 is 1.60 bits per heavy atom. The van der Waals surface area contributed by atoms with Crippen molar-refractivity contribution in [2.75, 3.05) is 46.4 Å². The molecule has 0 bridgehead atoms. The predicted octanol–water partition coefficient (Wildman–Crippen LogP) is 4.03. The Morgan fingerprint density at radius 3 is 2.12 bits per heavy atom. The van der Waals surface area contributed by atoms with E-state index in [0.717, 1.165) is 24.5 Å². The third-order valence-corrected chi connectivity index (χ3v) is 8.25. The summed E-state index contributed by atoms with van der Waals surface area (Å²) in [5, 5.41) is 0. The van der Waals surface area contributed by atoms with Gasteiger partial charge in [-0.25, -0.2) is 0 Å². The van der Waals surface area contributed by atoms with Crippen LogP contribution in [0.5, 0.6) is 0 Å². The molecule has 1 spiro atoms. The fourth-order valence-corrected chi connectivity index (χ4v) is 6.05. The zero-order valence-electron chi connectivity index (χ0n) is 16.9. The van der Waals surface area contributed by atoms with Crippen molar-refractivity contribution in [3.05, 3.63) is 0 Å². The quantitative estimate of drug-likeness (QED) is 0.721. The van der Waals surface area contributed by atoms with E-state index in [1.165, 1.54) is 84.1 Å². The minimum absolute atomic E-state index is 0.530. The monoisotopic (exact) mass is 348 g/mol. The van der Waals surface area contributed by atoms with Crippen LogP contribution in [0.25, 0.3) is 0 Å². The van der Waals surface area contributed by atoms with Gasteiger partial charge in [0.2, 0.25) is 0 Å². The SMILES string of the molecule is COCC1(CN2CCC3(CC2)CC(N2CCC(C(C)C)CC2)C3)CC1. The molecule has 3 heteroatoms. The summed E-state index contributed by atoms with van der Waals surface area (Å²) in [6.07, 6.45) is 11.6. The maximum atomic E-state index is 5.46. The summed E-state index contributed by atoms with van der Waals surface area (Å²) in [5.74, 6) is 1.86. The minimum atomic E-state index is 0.530. The third kappa shape index (κ3) is 3.94. The van der Waals surface area contributed by atoms with Gasteiger partial charge in [0.25, 0.3) is 0 Å². The van der Waals surface area contributed by atoms with Crippen LogP contribution in [0.3, 0.4) is 0 Å². The van der Waals surface area contributed by atoms with Crippen molar-refractivity contribution in [3.63, 3.8) is 0 Å². The van der Waals surface area contributed by atoms with E-state index in [1.54, 1.807) is 0 Å². The summed E-state index contributed by atoms with van der Waals surface area (Å²) in [6.45, 7) is 12.5. The first-order valence-corrected chi connectivity index (χ1v) is 11.0. The first-order valence-electron chi connectivity index (χ1n) is 11.0. The highest BCUT2D eigenvalue weighted by atomic mass is 16.5. The molecular weight excluding hydrogens is 308 g/mol. The molecule has 0 unspecified atom stereocenters. The molecule has 0 radical (unpaired) electrons. The van der Waals surface area contributed by atoms with E-state index >= 15 is 0 Å². The lowest BCUT2D eigenvalue weighted by Crippen LogP contribution is -2.56. The normalized spacial score (nSPS) is 30.7. The van der Waals surface area contributed by atoms with Gasteiger partial charge >= 0.3 is 0 Å². The van der Waals surface area contributed by atoms with Gasteiger partial charge in [-0.2, -0.15) is 0 Å². The average Bonchev–Trinajstić information content (AvgIpc) is 3.33. The molecule has 3 nitrogen and oxygen atoms in total. The zero-order chi connectivity index (χ0) is 17.5. The van der Waals surface area contributed by atoms with Gasteiger partial charge in [-0.05, 0) is 94.8 Å². The summed E-state index contributed by atoms with van der Waals surface area (Å²) in [4.78, 5) is 5.59. The second-order valence-electron chi connectivity index (χ2n) is 10.4. The molecule has 0 aromatic rings. The Bertz CT molecular complexity index is 435. The summed E-state index contributed by atoms with van der Waals surface area (Å²) in [6, 6.07) is 0.919.